The number of nitrogens with one attached hydrogen (secondary N) is 1. The van der Waals surface area contributed by atoms with Crippen molar-refractivity contribution in [3.05, 3.63) is 35.0 Å². The van der Waals surface area contributed by atoms with Crippen LogP contribution in [-0.2, 0) is 15.1 Å². The minimum Gasteiger partial charge on any atom is -0.386 e. The SMILES string of the molecule is CC(C)n1c(C(C)(C)O)nc2c(F)cc(-c3nc(NC4[C@@H](F)[C@H]5CO[C@H](O5)[C@H]4O)ncc3Cl)cc21. The van der Waals surface area contributed by atoms with E-state index < -0.39 is 42.1 Å². The van der Waals surface area contributed by atoms with E-state index in [1.54, 1.807) is 24.5 Å². The van der Waals surface area contributed by atoms with Crippen molar-refractivity contribution < 1.29 is 28.5 Å². The fourth-order valence-corrected chi connectivity index (χ4v) is 4.77. The summed E-state index contributed by atoms with van der Waals surface area (Å²) in [7, 11) is 0. The van der Waals surface area contributed by atoms with Gasteiger partial charge in [0.05, 0.1) is 35.1 Å². The standard InChI is InChI=1S/C23H26ClF2N5O4/c1-9(2)31-13-6-10(5-12(25)17(13)28-21(31)23(3,4)33)16-11(24)7-27-22(29-16)30-18-15(26)14-8-34-20(35-14)19(18)32/h5-7,9,14-15,18-20,32-33H,8H2,1-4H3,(H,27,29,30)/t14-,15+,18?,19+,20-/m1/s1. The average molecular weight is 510 g/mol. The Morgan fingerprint density at radius 2 is 2.03 bits per heavy atom. The van der Waals surface area contributed by atoms with E-state index in [4.69, 9.17) is 21.1 Å². The zero-order valence-corrected chi connectivity index (χ0v) is 20.3. The average Bonchev–Trinajstić information content (AvgIpc) is 3.40. The van der Waals surface area contributed by atoms with E-state index in [1.807, 2.05) is 13.8 Å². The molecule has 2 aliphatic rings. The Balaban J connectivity index is 1.56. The molecule has 9 nitrogen and oxygen atoms in total. The van der Waals surface area contributed by atoms with Gasteiger partial charge in [0.15, 0.2) is 18.3 Å². The molecule has 1 aromatic carbocycles. The summed E-state index contributed by atoms with van der Waals surface area (Å²) in [6.45, 7) is 7.04. The second-order valence-corrected chi connectivity index (χ2v) is 10.1. The molecule has 188 valence electrons. The summed E-state index contributed by atoms with van der Waals surface area (Å²) in [5, 5.41) is 24.0. The predicted molar refractivity (Wildman–Crippen MR) is 124 cm³/mol. The highest BCUT2D eigenvalue weighted by molar-refractivity contribution is 6.33. The first kappa shape index (κ1) is 24.3. The highest BCUT2D eigenvalue weighted by Gasteiger charge is 2.51. The number of hydrogen-bond donors (Lipinski definition) is 3. The van der Waals surface area contributed by atoms with Gasteiger partial charge in [-0.2, -0.15) is 0 Å². The van der Waals surface area contributed by atoms with Gasteiger partial charge >= 0.3 is 0 Å². The molecule has 12 heteroatoms. The van der Waals surface area contributed by atoms with Crippen molar-refractivity contribution in [3.63, 3.8) is 0 Å². The van der Waals surface area contributed by atoms with Crippen molar-refractivity contribution in [1.82, 2.24) is 19.5 Å². The van der Waals surface area contributed by atoms with E-state index in [0.29, 0.717) is 16.9 Å². The number of aromatic nitrogens is 4. The van der Waals surface area contributed by atoms with Crippen molar-refractivity contribution >= 4 is 28.6 Å². The lowest BCUT2D eigenvalue weighted by molar-refractivity contribution is -0.175. The quantitative estimate of drug-likeness (QED) is 0.480. The third-order valence-electron chi connectivity index (χ3n) is 6.20. The van der Waals surface area contributed by atoms with Crippen LogP contribution in [0.5, 0.6) is 0 Å². The summed E-state index contributed by atoms with van der Waals surface area (Å²) in [6.07, 6.45) is -3.25. The van der Waals surface area contributed by atoms with Gasteiger partial charge in [0, 0.05) is 11.6 Å². The number of nitrogens with zero attached hydrogens (tertiary/aromatic N) is 4. The molecule has 0 aliphatic carbocycles. The van der Waals surface area contributed by atoms with Gasteiger partial charge in [-0.05, 0) is 39.8 Å². The van der Waals surface area contributed by atoms with Gasteiger partial charge in [0.25, 0.3) is 0 Å². The zero-order chi connectivity index (χ0) is 25.2. The summed E-state index contributed by atoms with van der Waals surface area (Å²) >= 11 is 6.37. The van der Waals surface area contributed by atoms with Crippen LogP contribution in [0.2, 0.25) is 5.02 Å². The number of anilines is 1. The number of fused-ring (bicyclic) bond motifs is 3. The number of hydrogen-bond acceptors (Lipinski definition) is 8. The van der Waals surface area contributed by atoms with E-state index in [9.17, 15) is 14.6 Å². The van der Waals surface area contributed by atoms with Crippen molar-refractivity contribution in [1.29, 1.82) is 0 Å². The zero-order valence-electron chi connectivity index (χ0n) is 19.5. The molecule has 3 N–H and O–H groups in total. The van der Waals surface area contributed by atoms with E-state index >= 15 is 4.39 Å². The third kappa shape index (κ3) is 4.15. The Kier molecular flexibility index (Phi) is 5.96. The van der Waals surface area contributed by atoms with Crippen LogP contribution in [0, 0.1) is 5.82 Å². The molecule has 0 saturated carbocycles. The molecule has 1 unspecified atom stereocenters. The Hall–Kier alpha value is -2.44. The van der Waals surface area contributed by atoms with Crippen LogP contribution in [0.3, 0.4) is 0 Å². The second-order valence-electron chi connectivity index (χ2n) is 9.66. The Labute approximate surface area is 205 Å². The maximum Gasteiger partial charge on any atom is 0.223 e. The van der Waals surface area contributed by atoms with Crippen molar-refractivity contribution in [2.75, 3.05) is 11.9 Å². The monoisotopic (exact) mass is 509 g/mol. The van der Waals surface area contributed by atoms with Crippen molar-refractivity contribution in [3.8, 4) is 11.3 Å². The molecule has 2 saturated heterocycles. The molecule has 2 aromatic heterocycles. The Morgan fingerprint density at radius 3 is 2.71 bits per heavy atom. The van der Waals surface area contributed by atoms with Gasteiger partial charge in [0.1, 0.15) is 29.2 Å². The summed E-state index contributed by atoms with van der Waals surface area (Å²) in [6, 6.07) is 1.75. The highest BCUT2D eigenvalue weighted by Crippen LogP contribution is 2.36. The molecular weight excluding hydrogens is 484 g/mol. The number of alkyl halides is 1. The first-order valence-electron chi connectivity index (χ1n) is 11.3. The normalized spacial score (nSPS) is 26.6. The molecule has 4 heterocycles. The number of ether oxygens (including phenoxy) is 2. The number of aliphatic hydroxyl groups excluding tert-OH is 1. The number of rotatable bonds is 5. The largest absolute Gasteiger partial charge is 0.386 e. The molecule has 0 radical (unpaired) electrons. The minimum atomic E-state index is -1.55. The lowest BCUT2D eigenvalue weighted by Gasteiger charge is -2.34. The minimum absolute atomic E-state index is 0.00690. The van der Waals surface area contributed by atoms with Crippen molar-refractivity contribution in [2.24, 2.45) is 0 Å². The molecule has 2 bridgehead atoms. The molecule has 3 aromatic rings. The van der Waals surface area contributed by atoms with Crippen molar-refractivity contribution in [2.45, 2.75) is 70.0 Å². The molecule has 2 fully saturated rings. The van der Waals surface area contributed by atoms with Crippen LogP contribution in [0.1, 0.15) is 39.6 Å². The summed E-state index contributed by atoms with van der Waals surface area (Å²) in [5.41, 5.74) is -0.154. The summed E-state index contributed by atoms with van der Waals surface area (Å²) in [5.74, 6) is -0.273. The summed E-state index contributed by atoms with van der Waals surface area (Å²) in [4.78, 5) is 12.9. The number of imidazole rings is 1. The van der Waals surface area contributed by atoms with Gasteiger partial charge in [-0.15, -0.1) is 0 Å². The van der Waals surface area contributed by atoms with Crippen LogP contribution >= 0.6 is 11.6 Å². The first-order valence-corrected chi connectivity index (χ1v) is 11.7. The van der Waals surface area contributed by atoms with E-state index in [2.05, 4.69) is 20.3 Å². The highest BCUT2D eigenvalue weighted by atomic mass is 35.5. The van der Waals surface area contributed by atoms with Crippen LogP contribution in [-0.4, -0.2) is 67.1 Å². The topological polar surface area (TPSA) is 115 Å². The Bertz CT molecular complexity index is 1270. The molecule has 2 aliphatic heterocycles. The van der Waals surface area contributed by atoms with E-state index in [-0.39, 0.29) is 34.8 Å². The molecule has 5 atom stereocenters. The number of halogens is 3. The van der Waals surface area contributed by atoms with Gasteiger partial charge in [-0.1, -0.05) is 11.6 Å². The van der Waals surface area contributed by atoms with Crippen LogP contribution < -0.4 is 5.32 Å². The molecule has 35 heavy (non-hydrogen) atoms. The molecule has 5 rings (SSSR count). The predicted octanol–water partition coefficient (Wildman–Crippen LogP) is 3.33. The fourth-order valence-electron chi connectivity index (χ4n) is 4.57. The van der Waals surface area contributed by atoms with Gasteiger partial charge in [-0.25, -0.2) is 23.7 Å². The van der Waals surface area contributed by atoms with Gasteiger partial charge < -0.3 is 29.6 Å². The van der Waals surface area contributed by atoms with E-state index in [1.165, 1.54) is 12.3 Å². The Morgan fingerprint density at radius 1 is 1.29 bits per heavy atom. The fraction of sp³-hybridized carbons (Fsp3) is 0.522. The maximum absolute atomic E-state index is 15.2. The maximum atomic E-state index is 15.2. The second kappa shape index (κ2) is 8.59. The van der Waals surface area contributed by atoms with E-state index in [0.717, 1.165) is 0 Å². The van der Waals surface area contributed by atoms with Gasteiger partial charge in [-0.3, -0.25) is 0 Å². The smallest absolute Gasteiger partial charge is 0.223 e. The van der Waals surface area contributed by atoms with Crippen LogP contribution in [0.25, 0.3) is 22.3 Å². The van der Waals surface area contributed by atoms with Crippen LogP contribution in [0.15, 0.2) is 18.3 Å². The first-order chi connectivity index (χ1) is 16.5. The van der Waals surface area contributed by atoms with Gasteiger partial charge in [0.2, 0.25) is 5.95 Å². The lowest BCUT2D eigenvalue weighted by Crippen LogP contribution is -2.55. The third-order valence-corrected chi connectivity index (χ3v) is 6.48. The summed E-state index contributed by atoms with van der Waals surface area (Å²) < 4.78 is 42.4. The number of aliphatic hydroxyl groups is 2. The molecular formula is C23H26ClF2N5O4. The molecule has 0 spiro atoms. The number of benzene rings is 1. The molecule has 0 amide bonds. The lowest BCUT2D eigenvalue weighted by atomic mass is 9.99. The van der Waals surface area contributed by atoms with Crippen LogP contribution in [0.4, 0.5) is 14.7 Å².